The number of tetrazole rings is 1. The lowest BCUT2D eigenvalue weighted by Crippen LogP contribution is -2.43. The maximum atomic E-state index is 12.9. The number of rotatable bonds is 11. The van der Waals surface area contributed by atoms with Crippen LogP contribution in [0.2, 0.25) is 0 Å². The number of ether oxygens (including phenoxy) is 2. The number of nitrogens with one attached hydrogen (secondary N) is 2. The molecule has 12 heteroatoms. The molecule has 43 heavy (non-hydrogen) atoms. The standard InChI is InChI=1S/C31H34N6O5S/c1-20(39)27(15-21-7-4-3-5-8-21)33-30(40)32-25-10-6-9-24(16-25)29-41-26(19-43-31-34-35-36-37(31)2)17-28(42-29)23-13-11-22(18-38)12-14-23/h3-14,16,26-29,38H,15,17-19H2,1-2H3,(H2,32,33,40). The quantitative estimate of drug-likeness (QED) is 0.214. The second-order valence-corrected chi connectivity index (χ2v) is 11.3. The summed E-state index contributed by atoms with van der Waals surface area (Å²) in [4.78, 5) is 25.2. The molecule has 4 unspecified atom stereocenters. The van der Waals surface area contributed by atoms with Gasteiger partial charge in [0, 0.05) is 30.5 Å². The molecule has 0 aliphatic carbocycles. The highest BCUT2D eigenvalue weighted by Crippen LogP contribution is 2.39. The molecule has 1 fully saturated rings. The van der Waals surface area contributed by atoms with Crippen LogP contribution >= 0.6 is 11.8 Å². The van der Waals surface area contributed by atoms with E-state index in [-0.39, 0.29) is 24.6 Å². The summed E-state index contributed by atoms with van der Waals surface area (Å²) in [5, 5.41) is 27.4. The number of anilines is 1. The molecule has 11 nitrogen and oxygen atoms in total. The van der Waals surface area contributed by atoms with Crippen LogP contribution in [0.3, 0.4) is 0 Å². The third-order valence-corrected chi connectivity index (χ3v) is 8.23. The molecule has 2 amide bonds. The van der Waals surface area contributed by atoms with E-state index in [0.29, 0.717) is 29.4 Å². The van der Waals surface area contributed by atoms with Crippen molar-refractivity contribution in [3.05, 3.63) is 101 Å². The first-order chi connectivity index (χ1) is 20.9. The molecule has 2 heterocycles. The van der Waals surface area contributed by atoms with Crippen LogP contribution in [0.4, 0.5) is 10.5 Å². The number of aliphatic hydroxyl groups excluding tert-OH is 1. The van der Waals surface area contributed by atoms with Gasteiger partial charge in [0.2, 0.25) is 5.16 Å². The van der Waals surface area contributed by atoms with Crippen molar-refractivity contribution in [3.63, 3.8) is 0 Å². The first-order valence-electron chi connectivity index (χ1n) is 14.0. The SMILES string of the molecule is CC(=O)C(Cc1ccccc1)NC(=O)Nc1cccc(C2OC(CSc3nnnn3C)CC(c3ccc(CO)cc3)O2)c1. The zero-order chi connectivity index (χ0) is 30.2. The maximum Gasteiger partial charge on any atom is 0.319 e. The molecule has 1 aromatic heterocycles. The van der Waals surface area contributed by atoms with Gasteiger partial charge in [0.1, 0.15) is 0 Å². The molecule has 3 N–H and O–H groups in total. The van der Waals surface area contributed by atoms with Crippen molar-refractivity contribution in [2.45, 2.75) is 56.1 Å². The molecule has 4 aromatic rings. The molecular formula is C31H34N6O5S. The van der Waals surface area contributed by atoms with E-state index in [0.717, 1.165) is 22.3 Å². The van der Waals surface area contributed by atoms with Crippen molar-refractivity contribution in [1.82, 2.24) is 25.5 Å². The first kappa shape index (κ1) is 30.4. The Labute approximate surface area is 254 Å². The van der Waals surface area contributed by atoms with Gasteiger partial charge >= 0.3 is 6.03 Å². The van der Waals surface area contributed by atoms with Gasteiger partial charge < -0.3 is 25.2 Å². The number of aromatic nitrogens is 4. The van der Waals surface area contributed by atoms with Crippen LogP contribution in [0.25, 0.3) is 0 Å². The van der Waals surface area contributed by atoms with Crippen LogP contribution in [0.5, 0.6) is 0 Å². The molecule has 4 atom stereocenters. The third-order valence-electron chi connectivity index (χ3n) is 7.09. The summed E-state index contributed by atoms with van der Waals surface area (Å²) < 4.78 is 14.4. The summed E-state index contributed by atoms with van der Waals surface area (Å²) >= 11 is 1.50. The molecular weight excluding hydrogens is 568 g/mol. The van der Waals surface area contributed by atoms with Crippen molar-refractivity contribution in [3.8, 4) is 0 Å². The largest absolute Gasteiger partial charge is 0.392 e. The molecule has 1 saturated heterocycles. The van der Waals surface area contributed by atoms with Crippen LogP contribution in [0, 0.1) is 0 Å². The van der Waals surface area contributed by atoms with Gasteiger partial charge in [-0.2, -0.15) is 0 Å². The number of Topliss-reactive ketones (excluding diaryl/α,β-unsaturated/α-hetero) is 1. The van der Waals surface area contributed by atoms with E-state index in [1.807, 2.05) is 66.7 Å². The zero-order valence-electron chi connectivity index (χ0n) is 23.9. The predicted octanol–water partition coefficient (Wildman–Crippen LogP) is 4.36. The van der Waals surface area contributed by atoms with Gasteiger partial charge in [0.25, 0.3) is 0 Å². The predicted molar refractivity (Wildman–Crippen MR) is 161 cm³/mol. The Morgan fingerprint density at radius 2 is 1.81 bits per heavy atom. The highest BCUT2D eigenvalue weighted by atomic mass is 32.2. The Kier molecular flexibility index (Phi) is 10.2. The number of aryl methyl sites for hydroxylation is 1. The highest BCUT2D eigenvalue weighted by Gasteiger charge is 2.33. The number of nitrogens with zero attached hydrogens (tertiary/aromatic N) is 4. The van der Waals surface area contributed by atoms with E-state index < -0.39 is 18.4 Å². The molecule has 1 aliphatic rings. The Morgan fingerprint density at radius 3 is 2.51 bits per heavy atom. The van der Waals surface area contributed by atoms with Crippen molar-refractivity contribution < 1.29 is 24.2 Å². The van der Waals surface area contributed by atoms with Crippen LogP contribution in [0.1, 0.15) is 48.0 Å². The van der Waals surface area contributed by atoms with E-state index >= 15 is 0 Å². The Hall–Kier alpha value is -4.10. The third kappa shape index (κ3) is 8.26. The maximum absolute atomic E-state index is 12.9. The number of benzene rings is 3. The number of thioether (sulfide) groups is 1. The number of hydrogen-bond donors (Lipinski definition) is 3. The van der Waals surface area contributed by atoms with Gasteiger partial charge in [0.15, 0.2) is 12.1 Å². The first-order valence-corrected chi connectivity index (χ1v) is 14.9. The van der Waals surface area contributed by atoms with Gasteiger partial charge in [-0.1, -0.05) is 78.5 Å². The fourth-order valence-corrected chi connectivity index (χ4v) is 5.64. The molecule has 0 spiro atoms. The zero-order valence-corrected chi connectivity index (χ0v) is 24.7. The average Bonchev–Trinajstić information content (AvgIpc) is 3.44. The fourth-order valence-electron chi connectivity index (χ4n) is 4.77. The van der Waals surface area contributed by atoms with Crippen LogP contribution in [-0.4, -0.2) is 55.0 Å². The van der Waals surface area contributed by atoms with Gasteiger partial charge in [-0.05, 0) is 52.6 Å². The fraction of sp³-hybridized carbons (Fsp3) is 0.323. The monoisotopic (exact) mass is 602 g/mol. The number of ketones is 1. The molecule has 224 valence electrons. The Bertz CT molecular complexity index is 1520. The highest BCUT2D eigenvalue weighted by molar-refractivity contribution is 7.99. The van der Waals surface area contributed by atoms with Gasteiger partial charge in [-0.25, -0.2) is 9.48 Å². The van der Waals surface area contributed by atoms with E-state index in [9.17, 15) is 14.7 Å². The lowest BCUT2D eigenvalue weighted by Gasteiger charge is -2.36. The van der Waals surface area contributed by atoms with Gasteiger partial charge in [0.05, 0.1) is 24.9 Å². The van der Waals surface area contributed by atoms with Crippen molar-refractivity contribution >= 4 is 29.3 Å². The van der Waals surface area contributed by atoms with Crippen molar-refractivity contribution in [1.29, 1.82) is 0 Å². The summed E-state index contributed by atoms with van der Waals surface area (Å²) in [5.74, 6) is 0.476. The Morgan fingerprint density at radius 1 is 1.02 bits per heavy atom. The minimum absolute atomic E-state index is 0.0324. The second-order valence-electron chi connectivity index (χ2n) is 10.3. The molecule has 5 rings (SSSR count). The summed E-state index contributed by atoms with van der Waals surface area (Å²) in [6.07, 6.45) is -0.132. The van der Waals surface area contributed by atoms with E-state index in [4.69, 9.17) is 9.47 Å². The molecule has 1 aliphatic heterocycles. The lowest BCUT2D eigenvalue weighted by molar-refractivity contribution is -0.245. The van der Waals surface area contributed by atoms with Crippen molar-refractivity contribution in [2.75, 3.05) is 11.1 Å². The molecule has 0 saturated carbocycles. The van der Waals surface area contributed by atoms with Crippen LogP contribution in [0.15, 0.2) is 84.0 Å². The summed E-state index contributed by atoms with van der Waals surface area (Å²) in [6, 6.07) is 23.4. The smallest absolute Gasteiger partial charge is 0.319 e. The number of hydrogen-bond acceptors (Lipinski definition) is 9. The van der Waals surface area contributed by atoms with E-state index in [1.54, 1.807) is 23.9 Å². The van der Waals surface area contributed by atoms with E-state index in [1.165, 1.54) is 18.7 Å². The molecule has 3 aromatic carbocycles. The van der Waals surface area contributed by atoms with Crippen LogP contribution < -0.4 is 10.6 Å². The van der Waals surface area contributed by atoms with Gasteiger partial charge in [-0.3, -0.25) is 4.79 Å². The topological polar surface area (TPSA) is 140 Å². The second kappa shape index (κ2) is 14.4. The number of urea groups is 1. The minimum atomic E-state index is -0.702. The van der Waals surface area contributed by atoms with Crippen molar-refractivity contribution in [2.24, 2.45) is 7.05 Å². The summed E-state index contributed by atoms with van der Waals surface area (Å²) in [6.45, 7) is 1.44. The lowest BCUT2D eigenvalue weighted by atomic mass is 10.0. The van der Waals surface area contributed by atoms with Gasteiger partial charge in [-0.15, -0.1) is 5.10 Å². The molecule has 0 bridgehead atoms. The Balaban J connectivity index is 1.29. The summed E-state index contributed by atoms with van der Waals surface area (Å²) in [5.41, 5.74) is 4.03. The minimum Gasteiger partial charge on any atom is -0.392 e. The van der Waals surface area contributed by atoms with E-state index in [2.05, 4.69) is 26.2 Å². The number of carbonyl (C=O) groups is 2. The van der Waals surface area contributed by atoms with Crippen LogP contribution in [-0.2, 0) is 34.3 Å². The number of carbonyl (C=O) groups excluding carboxylic acids is 2. The normalized spacial score (nSPS) is 19.0. The average molecular weight is 603 g/mol. The number of amides is 2. The molecule has 0 radical (unpaired) electrons. The summed E-state index contributed by atoms with van der Waals surface area (Å²) in [7, 11) is 1.79. The number of aliphatic hydroxyl groups is 1.